The zero-order valence-electron chi connectivity index (χ0n) is 11.2. The van der Waals surface area contributed by atoms with E-state index in [0.29, 0.717) is 6.61 Å². The molecule has 0 atom stereocenters. The van der Waals surface area contributed by atoms with Crippen LogP contribution >= 0.6 is 15.9 Å². The van der Waals surface area contributed by atoms with Crippen molar-refractivity contribution >= 4 is 34.0 Å². The molecule has 1 aromatic rings. The normalized spacial score (nSPS) is 10.3. The molecule has 20 heavy (non-hydrogen) atoms. The van der Waals surface area contributed by atoms with Gasteiger partial charge in [-0.15, -0.1) is 0 Å². The summed E-state index contributed by atoms with van der Waals surface area (Å²) in [6, 6.07) is 7.29. The average Bonchev–Trinajstić information content (AvgIpc) is 2.41. The number of halogens is 1. The molecule has 0 saturated carbocycles. The Hall–Kier alpha value is -1.82. The number of esters is 1. The Morgan fingerprint density at radius 2 is 2.10 bits per heavy atom. The van der Waals surface area contributed by atoms with E-state index in [1.807, 2.05) is 24.3 Å². The molecule has 2 N–H and O–H groups in total. The molecule has 0 bridgehead atoms. The number of nitrogens with one attached hydrogen (secondary N) is 2. The van der Waals surface area contributed by atoms with Crippen LogP contribution in [0.25, 0.3) is 6.08 Å². The van der Waals surface area contributed by atoms with Crippen molar-refractivity contribution in [2.45, 2.75) is 13.3 Å². The molecule has 0 aliphatic carbocycles. The molecule has 0 fully saturated rings. The van der Waals surface area contributed by atoms with Crippen LogP contribution in [-0.2, 0) is 9.53 Å². The number of carbonyl (C=O) groups is 2. The highest BCUT2D eigenvalue weighted by atomic mass is 79.9. The molecule has 108 valence electrons. The summed E-state index contributed by atoms with van der Waals surface area (Å²) in [6.45, 7) is 2.33. The number of ether oxygens (including phenoxy) is 1. The minimum atomic E-state index is -0.363. The van der Waals surface area contributed by atoms with E-state index in [1.54, 1.807) is 19.2 Å². The molecule has 0 unspecified atom stereocenters. The maximum Gasteiger partial charge on any atom is 0.318 e. The van der Waals surface area contributed by atoms with E-state index in [0.717, 1.165) is 10.0 Å². The summed E-state index contributed by atoms with van der Waals surface area (Å²) in [6.07, 6.45) is 3.48. The van der Waals surface area contributed by atoms with E-state index in [1.165, 1.54) is 0 Å². The third kappa shape index (κ3) is 6.38. The quantitative estimate of drug-likeness (QED) is 0.782. The lowest BCUT2D eigenvalue weighted by Crippen LogP contribution is -2.33. The van der Waals surface area contributed by atoms with Gasteiger partial charge in [-0.2, -0.15) is 0 Å². The second-order valence-corrected chi connectivity index (χ2v) is 4.66. The van der Waals surface area contributed by atoms with E-state index in [2.05, 4.69) is 26.6 Å². The standard InChI is InChI=1S/C14H17BrN2O3/c1-2-20-13(18)8-10-17-14(19)16-9-7-11-5-3-4-6-12(11)15/h3-7,9H,2,8,10H2,1H3,(H2,16,17,19)/b9-7+. The summed E-state index contributed by atoms with van der Waals surface area (Å²) in [5.41, 5.74) is 0.958. The summed E-state index contributed by atoms with van der Waals surface area (Å²) < 4.78 is 5.69. The van der Waals surface area contributed by atoms with Crippen molar-refractivity contribution in [2.24, 2.45) is 0 Å². The molecule has 5 nitrogen and oxygen atoms in total. The van der Waals surface area contributed by atoms with Gasteiger partial charge in [0.05, 0.1) is 13.0 Å². The third-order valence-electron chi connectivity index (χ3n) is 2.30. The number of rotatable bonds is 6. The highest BCUT2D eigenvalue weighted by Crippen LogP contribution is 2.16. The lowest BCUT2D eigenvalue weighted by Gasteiger charge is -2.04. The summed E-state index contributed by atoms with van der Waals surface area (Å²) in [4.78, 5) is 22.5. The molecule has 1 rings (SSSR count). The number of amides is 2. The number of hydrogen-bond donors (Lipinski definition) is 2. The Balaban J connectivity index is 2.26. The summed E-state index contributed by atoms with van der Waals surface area (Å²) in [7, 11) is 0. The summed E-state index contributed by atoms with van der Waals surface area (Å²) in [5, 5.41) is 5.12. The Kier molecular flexibility index (Phi) is 7.42. The van der Waals surface area contributed by atoms with E-state index in [4.69, 9.17) is 4.74 Å². The van der Waals surface area contributed by atoms with Crippen LogP contribution < -0.4 is 10.6 Å². The monoisotopic (exact) mass is 340 g/mol. The Morgan fingerprint density at radius 1 is 1.35 bits per heavy atom. The predicted octanol–water partition coefficient (Wildman–Crippen LogP) is 2.67. The van der Waals surface area contributed by atoms with Crippen LogP contribution in [0.5, 0.6) is 0 Å². The second kappa shape index (κ2) is 9.14. The van der Waals surface area contributed by atoms with Gasteiger partial charge in [-0.3, -0.25) is 4.79 Å². The second-order valence-electron chi connectivity index (χ2n) is 3.81. The molecule has 0 aromatic heterocycles. The van der Waals surface area contributed by atoms with Crippen LogP contribution in [0.1, 0.15) is 18.9 Å². The highest BCUT2D eigenvalue weighted by molar-refractivity contribution is 9.10. The van der Waals surface area contributed by atoms with Crippen LogP contribution in [0.4, 0.5) is 4.79 Å². The van der Waals surface area contributed by atoms with Gasteiger partial charge in [0.15, 0.2) is 0 Å². The smallest absolute Gasteiger partial charge is 0.318 e. The van der Waals surface area contributed by atoms with Gasteiger partial charge in [0, 0.05) is 17.2 Å². The maximum absolute atomic E-state index is 11.4. The third-order valence-corrected chi connectivity index (χ3v) is 3.02. The van der Waals surface area contributed by atoms with Gasteiger partial charge in [-0.1, -0.05) is 34.1 Å². The SMILES string of the molecule is CCOC(=O)CCNC(=O)N/C=C/c1ccccc1Br. The van der Waals surface area contributed by atoms with Crippen molar-refractivity contribution in [1.82, 2.24) is 10.6 Å². The highest BCUT2D eigenvalue weighted by Gasteiger charge is 2.02. The first-order valence-electron chi connectivity index (χ1n) is 6.24. The first-order chi connectivity index (χ1) is 9.63. The Morgan fingerprint density at radius 3 is 2.80 bits per heavy atom. The van der Waals surface area contributed by atoms with E-state index in [-0.39, 0.29) is 25.0 Å². The molecule has 2 amide bonds. The molecule has 1 aromatic carbocycles. The Bertz CT molecular complexity index is 489. The number of benzene rings is 1. The fraction of sp³-hybridized carbons (Fsp3) is 0.286. The van der Waals surface area contributed by atoms with Gasteiger partial charge in [0.2, 0.25) is 0 Å². The first-order valence-corrected chi connectivity index (χ1v) is 7.04. The Labute approximate surface area is 126 Å². The molecular formula is C14H17BrN2O3. The first kappa shape index (κ1) is 16.2. The van der Waals surface area contributed by atoms with Gasteiger partial charge in [-0.25, -0.2) is 4.79 Å². The topological polar surface area (TPSA) is 67.4 Å². The van der Waals surface area contributed by atoms with Crippen LogP contribution in [0, 0.1) is 0 Å². The van der Waals surface area contributed by atoms with Crippen molar-refractivity contribution < 1.29 is 14.3 Å². The average molecular weight is 341 g/mol. The van der Waals surface area contributed by atoms with E-state index >= 15 is 0 Å². The fourth-order valence-electron chi connectivity index (χ4n) is 1.38. The van der Waals surface area contributed by atoms with E-state index < -0.39 is 0 Å². The molecule has 0 heterocycles. The van der Waals surface area contributed by atoms with Gasteiger partial charge < -0.3 is 15.4 Å². The molecule has 0 spiro atoms. The van der Waals surface area contributed by atoms with Crippen molar-refractivity contribution in [3.63, 3.8) is 0 Å². The van der Waals surface area contributed by atoms with Gasteiger partial charge in [0.1, 0.15) is 0 Å². The van der Waals surface area contributed by atoms with Crippen molar-refractivity contribution in [3.05, 3.63) is 40.5 Å². The van der Waals surface area contributed by atoms with Crippen molar-refractivity contribution in [3.8, 4) is 0 Å². The van der Waals surface area contributed by atoms with Crippen molar-refractivity contribution in [2.75, 3.05) is 13.2 Å². The zero-order valence-corrected chi connectivity index (χ0v) is 12.8. The largest absolute Gasteiger partial charge is 0.466 e. The molecule has 6 heteroatoms. The minimum absolute atomic E-state index is 0.162. The van der Waals surface area contributed by atoms with E-state index in [9.17, 15) is 9.59 Å². The molecule has 0 saturated heterocycles. The summed E-state index contributed by atoms with van der Waals surface area (Å²) in [5.74, 6) is -0.323. The fourth-order valence-corrected chi connectivity index (χ4v) is 1.80. The van der Waals surface area contributed by atoms with Crippen molar-refractivity contribution in [1.29, 1.82) is 0 Å². The van der Waals surface area contributed by atoms with Crippen LogP contribution in [0.15, 0.2) is 34.9 Å². The summed E-state index contributed by atoms with van der Waals surface area (Å²) >= 11 is 3.41. The van der Waals surface area contributed by atoms with Gasteiger partial charge >= 0.3 is 12.0 Å². The number of hydrogen-bond acceptors (Lipinski definition) is 3. The lowest BCUT2D eigenvalue weighted by molar-refractivity contribution is -0.142. The maximum atomic E-state index is 11.4. The lowest BCUT2D eigenvalue weighted by atomic mass is 10.2. The van der Waals surface area contributed by atoms with Gasteiger partial charge in [-0.05, 0) is 24.6 Å². The minimum Gasteiger partial charge on any atom is -0.466 e. The zero-order chi connectivity index (χ0) is 14.8. The van der Waals surface area contributed by atoms with Gasteiger partial charge in [0.25, 0.3) is 0 Å². The van der Waals surface area contributed by atoms with Crippen LogP contribution in [0.2, 0.25) is 0 Å². The molecule has 0 radical (unpaired) electrons. The predicted molar refractivity (Wildman–Crippen MR) is 81.0 cm³/mol. The van der Waals surface area contributed by atoms with Crippen LogP contribution in [0.3, 0.4) is 0 Å². The van der Waals surface area contributed by atoms with Crippen LogP contribution in [-0.4, -0.2) is 25.2 Å². The number of carbonyl (C=O) groups excluding carboxylic acids is 2. The molecular weight excluding hydrogens is 324 g/mol. The number of urea groups is 1. The molecule has 0 aliphatic rings. The molecule has 0 aliphatic heterocycles.